The van der Waals surface area contributed by atoms with Crippen molar-refractivity contribution in [2.75, 3.05) is 13.2 Å². The van der Waals surface area contributed by atoms with Gasteiger partial charge < -0.3 is 10.1 Å². The van der Waals surface area contributed by atoms with Gasteiger partial charge >= 0.3 is 0 Å². The minimum atomic E-state index is 0.106. The molecule has 1 fully saturated rings. The van der Waals surface area contributed by atoms with E-state index in [-0.39, 0.29) is 5.41 Å². The molecule has 0 radical (unpaired) electrons. The fourth-order valence-corrected chi connectivity index (χ4v) is 1.91. The van der Waals surface area contributed by atoms with Gasteiger partial charge in [0.25, 0.3) is 0 Å². The predicted octanol–water partition coefficient (Wildman–Crippen LogP) is 1.21. The first-order chi connectivity index (χ1) is 7.47. The van der Waals surface area contributed by atoms with E-state index < -0.39 is 0 Å². The molecule has 1 saturated heterocycles. The van der Waals surface area contributed by atoms with Gasteiger partial charge in [-0.05, 0) is 0 Å². The molecule has 4 nitrogen and oxygen atoms in total. The molecule has 4 heteroatoms. The lowest BCUT2D eigenvalue weighted by molar-refractivity contribution is -0.00583. The number of rotatable bonds is 3. The molecule has 2 rings (SSSR count). The van der Waals surface area contributed by atoms with Crippen LogP contribution in [0.25, 0.3) is 0 Å². The maximum absolute atomic E-state index is 5.14. The summed E-state index contributed by atoms with van der Waals surface area (Å²) in [5.74, 6) is 0. The topological polar surface area (TPSA) is 39.1 Å². The Hall–Kier alpha value is -0.870. The summed E-state index contributed by atoms with van der Waals surface area (Å²) in [6.07, 6.45) is 2.10. The first-order valence-corrected chi connectivity index (χ1v) is 5.81. The van der Waals surface area contributed by atoms with E-state index in [4.69, 9.17) is 4.74 Å². The van der Waals surface area contributed by atoms with Crippen molar-refractivity contribution >= 4 is 0 Å². The summed E-state index contributed by atoms with van der Waals surface area (Å²) < 4.78 is 7.04. The zero-order valence-electron chi connectivity index (χ0n) is 10.6. The Bertz CT molecular complexity index is 361. The van der Waals surface area contributed by atoms with Crippen molar-refractivity contribution in [3.8, 4) is 0 Å². The normalized spacial score (nSPS) is 17.5. The molecule has 0 aliphatic carbocycles. The van der Waals surface area contributed by atoms with Crippen LogP contribution in [0.1, 0.15) is 32.0 Å². The average molecular weight is 223 g/mol. The summed E-state index contributed by atoms with van der Waals surface area (Å²) in [6.45, 7) is 9.16. The first-order valence-electron chi connectivity index (χ1n) is 5.81. The Balaban J connectivity index is 2.06. The fraction of sp³-hybridized carbons (Fsp3) is 0.750. The molecular weight excluding hydrogens is 202 g/mol. The molecule has 0 saturated carbocycles. The quantitative estimate of drug-likeness (QED) is 0.837. The van der Waals surface area contributed by atoms with Crippen LogP contribution in [0.5, 0.6) is 0 Å². The van der Waals surface area contributed by atoms with Crippen molar-refractivity contribution in [3.63, 3.8) is 0 Å². The molecule has 1 aliphatic rings. The van der Waals surface area contributed by atoms with Crippen LogP contribution >= 0.6 is 0 Å². The monoisotopic (exact) mass is 223 g/mol. The maximum Gasteiger partial charge on any atom is 0.0722 e. The molecule has 1 aromatic rings. The van der Waals surface area contributed by atoms with Crippen molar-refractivity contribution in [2.45, 2.75) is 38.8 Å². The number of hydrogen-bond acceptors (Lipinski definition) is 3. The van der Waals surface area contributed by atoms with E-state index in [1.54, 1.807) is 0 Å². The highest BCUT2D eigenvalue weighted by atomic mass is 16.5. The van der Waals surface area contributed by atoms with Gasteiger partial charge in [0.05, 0.1) is 24.9 Å². The Labute approximate surface area is 97.0 Å². The van der Waals surface area contributed by atoms with E-state index in [0.717, 1.165) is 19.8 Å². The third kappa shape index (κ3) is 2.44. The van der Waals surface area contributed by atoms with Crippen LogP contribution in [0.4, 0.5) is 0 Å². The second-order valence-electron chi connectivity index (χ2n) is 5.54. The molecule has 1 N–H and O–H groups in total. The molecule has 0 unspecified atom stereocenters. The third-order valence-corrected chi connectivity index (χ3v) is 2.83. The van der Waals surface area contributed by atoms with Gasteiger partial charge in [-0.15, -0.1) is 0 Å². The molecule has 0 spiro atoms. The van der Waals surface area contributed by atoms with E-state index >= 15 is 0 Å². The third-order valence-electron chi connectivity index (χ3n) is 2.83. The van der Waals surface area contributed by atoms with Gasteiger partial charge in [0.15, 0.2) is 0 Å². The number of nitrogens with zero attached hydrogens (tertiary/aromatic N) is 2. The molecule has 1 aliphatic heterocycles. The standard InChI is InChI=1S/C12H21N3O/c1-12(2,3)11-9(6-15(4)14-11)5-13-10-7-16-8-10/h6,10,13H,5,7-8H2,1-4H3. The van der Waals surface area contributed by atoms with Gasteiger partial charge in [0, 0.05) is 30.8 Å². The molecule has 0 amide bonds. The summed E-state index contributed by atoms with van der Waals surface area (Å²) in [5.41, 5.74) is 2.58. The molecule has 2 heterocycles. The zero-order valence-corrected chi connectivity index (χ0v) is 10.6. The second-order valence-corrected chi connectivity index (χ2v) is 5.54. The van der Waals surface area contributed by atoms with Crippen LogP contribution in [-0.4, -0.2) is 29.0 Å². The molecule has 16 heavy (non-hydrogen) atoms. The van der Waals surface area contributed by atoms with Crippen molar-refractivity contribution in [2.24, 2.45) is 7.05 Å². The number of nitrogens with one attached hydrogen (secondary N) is 1. The van der Waals surface area contributed by atoms with Crippen LogP contribution in [0, 0.1) is 0 Å². The Kier molecular flexibility index (Phi) is 3.04. The van der Waals surface area contributed by atoms with Gasteiger partial charge in [0.1, 0.15) is 0 Å². The lowest BCUT2D eigenvalue weighted by Gasteiger charge is -2.27. The lowest BCUT2D eigenvalue weighted by Crippen LogP contribution is -2.45. The molecular formula is C12H21N3O. The van der Waals surface area contributed by atoms with Crippen LogP contribution in [0.3, 0.4) is 0 Å². The molecule has 0 aromatic carbocycles. The first kappa shape index (κ1) is 11.6. The predicted molar refractivity (Wildman–Crippen MR) is 63.4 cm³/mol. The summed E-state index contributed by atoms with van der Waals surface area (Å²) in [6, 6.07) is 0.521. The zero-order chi connectivity index (χ0) is 11.8. The van der Waals surface area contributed by atoms with Gasteiger partial charge in [-0.2, -0.15) is 5.10 Å². The average Bonchev–Trinajstić information content (AvgIpc) is 2.43. The second kappa shape index (κ2) is 4.18. The molecule has 1 aromatic heterocycles. The highest BCUT2D eigenvalue weighted by molar-refractivity contribution is 5.24. The van der Waals surface area contributed by atoms with Gasteiger partial charge in [0.2, 0.25) is 0 Å². The summed E-state index contributed by atoms with van der Waals surface area (Å²) in [4.78, 5) is 0. The van der Waals surface area contributed by atoms with Crippen LogP contribution in [0.2, 0.25) is 0 Å². The van der Waals surface area contributed by atoms with Gasteiger partial charge in [-0.1, -0.05) is 20.8 Å². The highest BCUT2D eigenvalue weighted by Crippen LogP contribution is 2.24. The lowest BCUT2D eigenvalue weighted by atomic mass is 9.89. The van der Waals surface area contributed by atoms with E-state index in [1.807, 2.05) is 11.7 Å². The van der Waals surface area contributed by atoms with Crippen LogP contribution in [-0.2, 0) is 23.7 Å². The van der Waals surface area contributed by atoms with Gasteiger partial charge in [-0.25, -0.2) is 0 Å². The summed E-state index contributed by atoms with van der Waals surface area (Å²) in [5, 5.41) is 8.03. The minimum absolute atomic E-state index is 0.106. The summed E-state index contributed by atoms with van der Waals surface area (Å²) >= 11 is 0. The SMILES string of the molecule is Cn1cc(CNC2COC2)c(C(C)(C)C)n1. The molecule has 0 bridgehead atoms. The van der Waals surface area contributed by atoms with Crippen LogP contribution in [0.15, 0.2) is 6.20 Å². The Morgan fingerprint density at radius 2 is 2.19 bits per heavy atom. The largest absolute Gasteiger partial charge is 0.378 e. The summed E-state index contributed by atoms with van der Waals surface area (Å²) in [7, 11) is 1.98. The smallest absolute Gasteiger partial charge is 0.0722 e. The van der Waals surface area contributed by atoms with Gasteiger partial charge in [-0.3, -0.25) is 4.68 Å². The fourth-order valence-electron chi connectivity index (χ4n) is 1.91. The van der Waals surface area contributed by atoms with Crippen molar-refractivity contribution in [1.82, 2.24) is 15.1 Å². The Morgan fingerprint density at radius 1 is 1.50 bits per heavy atom. The number of aryl methyl sites for hydroxylation is 1. The number of hydrogen-bond donors (Lipinski definition) is 1. The Morgan fingerprint density at radius 3 is 2.69 bits per heavy atom. The molecule has 90 valence electrons. The van der Waals surface area contributed by atoms with Crippen LogP contribution < -0.4 is 5.32 Å². The van der Waals surface area contributed by atoms with E-state index in [1.165, 1.54) is 11.3 Å². The highest BCUT2D eigenvalue weighted by Gasteiger charge is 2.23. The van der Waals surface area contributed by atoms with Crippen molar-refractivity contribution in [3.05, 3.63) is 17.5 Å². The molecule has 0 atom stereocenters. The van der Waals surface area contributed by atoms with Crippen molar-refractivity contribution < 1.29 is 4.74 Å². The maximum atomic E-state index is 5.14. The number of ether oxygens (including phenoxy) is 1. The number of aromatic nitrogens is 2. The van der Waals surface area contributed by atoms with E-state index in [2.05, 4.69) is 37.4 Å². The van der Waals surface area contributed by atoms with E-state index in [9.17, 15) is 0 Å². The van der Waals surface area contributed by atoms with Crippen molar-refractivity contribution in [1.29, 1.82) is 0 Å². The minimum Gasteiger partial charge on any atom is -0.378 e. The van der Waals surface area contributed by atoms with E-state index in [0.29, 0.717) is 6.04 Å².